The zero-order valence-electron chi connectivity index (χ0n) is 9.96. The van der Waals surface area contributed by atoms with Gasteiger partial charge in [0.15, 0.2) is 0 Å². The molecule has 1 atom stereocenters. The third kappa shape index (κ3) is 2.89. The van der Waals surface area contributed by atoms with Crippen molar-refractivity contribution in [2.24, 2.45) is 5.73 Å². The lowest BCUT2D eigenvalue weighted by molar-refractivity contribution is -0.117. The number of aromatic nitrogens is 3. The Labute approximate surface area is 109 Å². The van der Waals surface area contributed by atoms with Gasteiger partial charge in [0.1, 0.15) is 11.1 Å². The highest BCUT2D eigenvalue weighted by Crippen LogP contribution is 2.32. The van der Waals surface area contributed by atoms with E-state index in [1.54, 1.807) is 0 Å². The van der Waals surface area contributed by atoms with Crippen molar-refractivity contribution in [3.05, 3.63) is 41.7 Å². The molecule has 1 heterocycles. The lowest BCUT2D eigenvalue weighted by Crippen LogP contribution is -2.19. The molecule has 5 nitrogen and oxygen atoms in total. The molecule has 1 aromatic carbocycles. The number of nitrogens with one attached hydrogen (secondary N) is 1. The SMILES string of the molecule is CCc1nc(SC(C(N)=O)c2ccccc2)n[nH]1. The summed E-state index contributed by atoms with van der Waals surface area (Å²) >= 11 is 1.26. The average Bonchev–Trinajstić information content (AvgIpc) is 2.84. The monoisotopic (exact) mass is 262 g/mol. The number of H-pyrrole nitrogens is 1. The zero-order valence-corrected chi connectivity index (χ0v) is 10.8. The maximum atomic E-state index is 11.5. The number of rotatable bonds is 5. The third-order valence-corrected chi connectivity index (χ3v) is 3.56. The summed E-state index contributed by atoms with van der Waals surface area (Å²) in [6, 6.07) is 9.39. The van der Waals surface area contributed by atoms with E-state index in [9.17, 15) is 4.79 Å². The quantitative estimate of drug-likeness (QED) is 0.803. The fourth-order valence-electron chi connectivity index (χ4n) is 1.51. The van der Waals surface area contributed by atoms with Crippen LogP contribution in [0.4, 0.5) is 0 Å². The molecule has 0 radical (unpaired) electrons. The number of aromatic amines is 1. The summed E-state index contributed by atoms with van der Waals surface area (Å²) in [7, 11) is 0. The van der Waals surface area contributed by atoms with Crippen molar-refractivity contribution in [1.82, 2.24) is 15.2 Å². The Balaban J connectivity index is 2.19. The topological polar surface area (TPSA) is 84.7 Å². The third-order valence-electron chi connectivity index (χ3n) is 2.43. The van der Waals surface area contributed by atoms with Crippen LogP contribution < -0.4 is 5.73 Å². The number of hydrogen-bond donors (Lipinski definition) is 2. The van der Waals surface area contributed by atoms with Crippen LogP contribution in [0.25, 0.3) is 0 Å². The fourth-order valence-corrected chi connectivity index (χ4v) is 2.39. The maximum Gasteiger partial charge on any atom is 0.235 e. The van der Waals surface area contributed by atoms with Gasteiger partial charge in [0, 0.05) is 6.42 Å². The van der Waals surface area contributed by atoms with Gasteiger partial charge >= 0.3 is 0 Å². The maximum absolute atomic E-state index is 11.5. The second-order valence-electron chi connectivity index (χ2n) is 3.73. The Morgan fingerprint density at radius 3 is 2.72 bits per heavy atom. The molecule has 2 rings (SSSR count). The average molecular weight is 262 g/mol. The van der Waals surface area contributed by atoms with Crippen molar-refractivity contribution in [3.63, 3.8) is 0 Å². The number of hydrogen-bond acceptors (Lipinski definition) is 4. The molecule has 0 fully saturated rings. The lowest BCUT2D eigenvalue weighted by Gasteiger charge is -2.10. The highest BCUT2D eigenvalue weighted by atomic mass is 32.2. The van der Waals surface area contributed by atoms with Crippen LogP contribution in [0, 0.1) is 0 Å². The highest BCUT2D eigenvalue weighted by molar-refractivity contribution is 8.00. The van der Waals surface area contributed by atoms with Gasteiger partial charge in [0.05, 0.1) is 0 Å². The van der Waals surface area contributed by atoms with Crippen LogP contribution in [-0.2, 0) is 11.2 Å². The van der Waals surface area contributed by atoms with Gasteiger partial charge < -0.3 is 5.73 Å². The van der Waals surface area contributed by atoms with E-state index in [1.807, 2.05) is 37.3 Å². The van der Waals surface area contributed by atoms with Crippen LogP contribution in [0.3, 0.4) is 0 Å². The summed E-state index contributed by atoms with van der Waals surface area (Å²) in [5.74, 6) is 0.405. The van der Waals surface area contributed by atoms with Gasteiger partial charge in [0.25, 0.3) is 0 Å². The summed E-state index contributed by atoms with van der Waals surface area (Å²) in [5, 5.41) is 6.95. The van der Waals surface area contributed by atoms with Crippen molar-refractivity contribution < 1.29 is 4.79 Å². The summed E-state index contributed by atoms with van der Waals surface area (Å²) in [4.78, 5) is 15.8. The Morgan fingerprint density at radius 2 is 2.17 bits per heavy atom. The summed E-state index contributed by atoms with van der Waals surface area (Å²) in [6.45, 7) is 1.98. The minimum Gasteiger partial charge on any atom is -0.368 e. The van der Waals surface area contributed by atoms with Gasteiger partial charge in [-0.2, -0.15) is 0 Å². The molecule has 0 aliphatic carbocycles. The Morgan fingerprint density at radius 1 is 1.44 bits per heavy atom. The van der Waals surface area contributed by atoms with E-state index in [2.05, 4.69) is 15.2 Å². The predicted molar refractivity (Wildman–Crippen MR) is 70.0 cm³/mol. The second kappa shape index (κ2) is 5.68. The van der Waals surface area contributed by atoms with E-state index >= 15 is 0 Å². The molecule has 0 spiro atoms. The molecule has 1 aromatic heterocycles. The van der Waals surface area contributed by atoms with E-state index < -0.39 is 11.2 Å². The molecule has 0 bridgehead atoms. The van der Waals surface area contributed by atoms with Crippen LogP contribution in [-0.4, -0.2) is 21.1 Å². The van der Waals surface area contributed by atoms with Gasteiger partial charge in [0.2, 0.25) is 11.1 Å². The minimum absolute atomic E-state index is 0.394. The van der Waals surface area contributed by atoms with E-state index in [4.69, 9.17) is 5.73 Å². The van der Waals surface area contributed by atoms with Crippen molar-refractivity contribution in [3.8, 4) is 0 Å². The predicted octanol–water partition coefficient (Wildman–Crippen LogP) is 1.69. The Hall–Kier alpha value is -1.82. The Bertz CT molecular complexity index is 526. The summed E-state index contributed by atoms with van der Waals surface area (Å²) in [5.41, 5.74) is 6.29. The normalized spacial score (nSPS) is 12.3. The number of nitrogens with two attached hydrogens (primary N) is 1. The molecular formula is C12H14N4OS. The standard InChI is InChI=1S/C12H14N4OS/c1-2-9-14-12(16-15-9)18-10(11(13)17)8-6-4-3-5-7-8/h3-7,10H,2H2,1H3,(H2,13,17)(H,14,15,16). The first-order valence-electron chi connectivity index (χ1n) is 5.63. The van der Waals surface area contributed by atoms with Crippen LogP contribution in [0.1, 0.15) is 23.6 Å². The first-order valence-corrected chi connectivity index (χ1v) is 6.51. The van der Waals surface area contributed by atoms with E-state index in [-0.39, 0.29) is 0 Å². The van der Waals surface area contributed by atoms with Crippen molar-refractivity contribution in [1.29, 1.82) is 0 Å². The molecule has 3 N–H and O–H groups in total. The molecule has 0 saturated carbocycles. The number of carbonyl (C=O) groups excluding carboxylic acids is 1. The summed E-state index contributed by atoms with van der Waals surface area (Å²) in [6.07, 6.45) is 0.778. The van der Waals surface area contributed by atoms with Crippen molar-refractivity contribution >= 4 is 17.7 Å². The number of thioether (sulfide) groups is 1. The van der Waals surface area contributed by atoms with Gasteiger partial charge in [-0.1, -0.05) is 49.0 Å². The fraction of sp³-hybridized carbons (Fsp3) is 0.250. The molecule has 1 amide bonds. The van der Waals surface area contributed by atoms with Crippen molar-refractivity contribution in [2.75, 3.05) is 0 Å². The van der Waals surface area contributed by atoms with Crippen LogP contribution in [0.15, 0.2) is 35.5 Å². The number of primary amides is 1. The molecule has 0 aliphatic rings. The summed E-state index contributed by atoms with van der Waals surface area (Å²) < 4.78 is 0. The van der Waals surface area contributed by atoms with Gasteiger partial charge in [-0.15, -0.1) is 5.10 Å². The molecule has 94 valence electrons. The number of aryl methyl sites for hydroxylation is 1. The van der Waals surface area contributed by atoms with Gasteiger partial charge in [-0.25, -0.2) is 4.98 Å². The highest BCUT2D eigenvalue weighted by Gasteiger charge is 2.21. The van der Waals surface area contributed by atoms with Crippen molar-refractivity contribution in [2.45, 2.75) is 23.8 Å². The molecule has 6 heteroatoms. The Kier molecular flexibility index (Phi) is 3.99. The van der Waals surface area contributed by atoms with Crippen LogP contribution in [0.5, 0.6) is 0 Å². The number of carbonyl (C=O) groups is 1. The number of benzene rings is 1. The van der Waals surface area contributed by atoms with Gasteiger partial charge in [-0.3, -0.25) is 9.89 Å². The van der Waals surface area contributed by atoms with E-state index in [1.165, 1.54) is 11.8 Å². The first-order chi connectivity index (χ1) is 8.70. The number of amides is 1. The zero-order chi connectivity index (χ0) is 13.0. The molecule has 0 saturated heterocycles. The van der Waals surface area contributed by atoms with E-state index in [0.717, 1.165) is 17.8 Å². The molecule has 1 unspecified atom stereocenters. The molecule has 2 aromatic rings. The molecule has 0 aliphatic heterocycles. The molecular weight excluding hydrogens is 248 g/mol. The van der Waals surface area contributed by atoms with E-state index in [0.29, 0.717) is 5.16 Å². The number of nitrogens with zero attached hydrogens (tertiary/aromatic N) is 2. The lowest BCUT2D eigenvalue weighted by atomic mass is 10.1. The largest absolute Gasteiger partial charge is 0.368 e. The van der Waals surface area contributed by atoms with Gasteiger partial charge in [-0.05, 0) is 5.56 Å². The smallest absolute Gasteiger partial charge is 0.235 e. The van der Waals surface area contributed by atoms with Crippen LogP contribution >= 0.6 is 11.8 Å². The first kappa shape index (κ1) is 12.6. The molecule has 18 heavy (non-hydrogen) atoms. The second-order valence-corrected chi connectivity index (χ2v) is 4.80. The minimum atomic E-state index is -0.466. The van der Waals surface area contributed by atoms with Crippen LogP contribution in [0.2, 0.25) is 0 Å².